The summed E-state index contributed by atoms with van der Waals surface area (Å²) in [6, 6.07) is 5.72. The van der Waals surface area contributed by atoms with Gasteiger partial charge in [0.15, 0.2) is 0 Å². The van der Waals surface area contributed by atoms with Gasteiger partial charge in [0.05, 0.1) is 18.7 Å². The molecule has 2 unspecified atom stereocenters. The lowest BCUT2D eigenvalue weighted by Crippen LogP contribution is -2.50. The monoisotopic (exact) mass is 309 g/mol. The second-order valence-corrected chi connectivity index (χ2v) is 5.37. The molecule has 0 saturated heterocycles. The van der Waals surface area contributed by atoms with E-state index in [4.69, 9.17) is 11.5 Å². The van der Waals surface area contributed by atoms with Gasteiger partial charge in [-0.3, -0.25) is 4.79 Å². The fourth-order valence-electron chi connectivity index (χ4n) is 2.48. The highest BCUT2D eigenvalue weighted by Crippen LogP contribution is 2.13. The summed E-state index contributed by atoms with van der Waals surface area (Å²) in [5.41, 5.74) is 12.4. The topological polar surface area (TPSA) is 113 Å². The molecular weight excluding hydrogens is 282 g/mol. The fourth-order valence-corrected chi connectivity index (χ4v) is 2.48. The molecule has 6 N–H and O–H groups in total. The summed E-state index contributed by atoms with van der Waals surface area (Å²) in [7, 11) is 0. The van der Waals surface area contributed by atoms with Gasteiger partial charge in [-0.2, -0.15) is 0 Å². The van der Waals surface area contributed by atoms with Gasteiger partial charge in [-0.1, -0.05) is 12.1 Å². The largest absolute Gasteiger partial charge is 0.508 e. The van der Waals surface area contributed by atoms with Crippen molar-refractivity contribution in [2.75, 3.05) is 19.7 Å². The second kappa shape index (κ2) is 9.40. The summed E-state index contributed by atoms with van der Waals surface area (Å²) in [5.74, 6) is 0.00704. The lowest BCUT2D eigenvalue weighted by atomic mass is 10.0. The normalized spacial score (nSPS) is 13.6. The summed E-state index contributed by atoms with van der Waals surface area (Å²) in [6.07, 6.45) is 1.81. The van der Waals surface area contributed by atoms with E-state index in [1.807, 2.05) is 6.92 Å². The number of benzene rings is 1. The maximum absolute atomic E-state index is 12.5. The van der Waals surface area contributed by atoms with E-state index in [1.165, 1.54) is 0 Å². The van der Waals surface area contributed by atoms with Crippen LogP contribution < -0.4 is 11.5 Å². The molecule has 0 aliphatic heterocycles. The van der Waals surface area contributed by atoms with Gasteiger partial charge in [0, 0.05) is 6.54 Å². The highest BCUT2D eigenvalue weighted by Gasteiger charge is 2.26. The predicted molar refractivity (Wildman–Crippen MR) is 86.3 cm³/mol. The van der Waals surface area contributed by atoms with Gasteiger partial charge in [0.1, 0.15) is 5.75 Å². The second-order valence-electron chi connectivity index (χ2n) is 5.37. The van der Waals surface area contributed by atoms with Crippen molar-refractivity contribution in [3.63, 3.8) is 0 Å². The predicted octanol–water partition coefficient (Wildman–Crippen LogP) is 0.210. The molecule has 1 rings (SSSR count). The molecule has 124 valence electrons. The van der Waals surface area contributed by atoms with E-state index in [-0.39, 0.29) is 24.3 Å². The van der Waals surface area contributed by atoms with Crippen molar-refractivity contribution in [3.05, 3.63) is 29.8 Å². The first-order chi connectivity index (χ1) is 10.5. The van der Waals surface area contributed by atoms with E-state index in [2.05, 4.69) is 0 Å². The molecule has 0 saturated carbocycles. The lowest BCUT2D eigenvalue weighted by Gasteiger charge is -2.31. The average Bonchev–Trinajstić information content (AvgIpc) is 2.53. The molecule has 2 atom stereocenters. The van der Waals surface area contributed by atoms with Crippen LogP contribution in [0.3, 0.4) is 0 Å². The molecule has 22 heavy (non-hydrogen) atoms. The third-order valence-electron chi connectivity index (χ3n) is 3.73. The highest BCUT2D eigenvalue weighted by atomic mass is 16.3. The van der Waals surface area contributed by atoms with Crippen LogP contribution in [0.25, 0.3) is 0 Å². The minimum atomic E-state index is -0.670. The number of aliphatic hydroxyl groups excluding tert-OH is 1. The Bertz CT molecular complexity index is 450. The molecule has 1 aromatic carbocycles. The van der Waals surface area contributed by atoms with E-state index in [9.17, 15) is 15.0 Å². The average molecular weight is 309 g/mol. The molecule has 6 nitrogen and oxygen atoms in total. The molecule has 0 spiro atoms. The first-order valence-electron chi connectivity index (χ1n) is 7.68. The SMILES string of the molecule is CCN(C(=O)C(N)Cc1ccc(O)cc1)C(CO)CCCN. The van der Waals surface area contributed by atoms with Crippen LogP contribution in [0.5, 0.6) is 5.75 Å². The van der Waals surface area contributed by atoms with Gasteiger partial charge in [-0.15, -0.1) is 0 Å². The van der Waals surface area contributed by atoms with Gasteiger partial charge in [0.2, 0.25) is 5.91 Å². The molecule has 0 aliphatic carbocycles. The van der Waals surface area contributed by atoms with Gasteiger partial charge < -0.3 is 26.6 Å². The van der Waals surface area contributed by atoms with E-state index >= 15 is 0 Å². The van der Waals surface area contributed by atoms with Crippen LogP contribution in [-0.2, 0) is 11.2 Å². The van der Waals surface area contributed by atoms with E-state index in [1.54, 1.807) is 29.2 Å². The van der Waals surface area contributed by atoms with Gasteiger partial charge in [-0.25, -0.2) is 0 Å². The number of aromatic hydroxyl groups is 1. The van der Waals surface area contributed by atoms with Crippen LogP contribution in [0.2, 0.25) is 0 Å². The molecule has 0 bridgehead atoms. The minimum Gasteiger partial charge on any atom is -0.508 e. The van der Waals surface area contributed by atoms with Crippen molar-refractivity contribution < 1.29 is 15.0 Å². The zero-order valence-electron chi connectivity index (χ0n) is 13.1. The minimum absolute atomic E-state index is 0.0918. The third kappa shape index (κ3) is 5.29. The van der Waals surface area contributed by atoms with Crippen molar-refractivity contribution in [1.82, 2.24) is 4.90 Å². The number of aliphatic hydroxyl groups is 1. The maximum Gasteiger partial charge on any atom is 0.240 e. The van der Waals surface area contributed by atoms with Crippen LogP contribution in [0.1, 0.15) is 25.3 Å². The summed E-state index contributed by atoms with van der Waals surface area (Å²) >= 11 is 0. The number of rotatable bonds is 9. The number of phenolic OH excluding ortho intramolecular Hbond substituents is 1. The van der Waals surface area contributed by atoms with E-state index < -0.39 is 6.04 Å². The van der Waals surface area contributed by atoms with Crippen LogP contribution >= 0.6 is 0 Å². The number of carbonyl (C=O) groups is 1. The number of amides is 1. The van der Waals surface area contributed by atoms with Crippen molar-refractivity contribution in [2.24, 2.45) is 11.5 Å². The number of hydrogen-bond acceptors (Lipinski definition) is 5. The number of likely N-dealkylation sites (N-methyl/N-ethyl adjacent to an activating group) is 1. The van der Waals surface area contributed by atoms with E-state index in [0.717, 1.165) is 12.0 Å². The molecular formula is C16H27N3O3. The van der Waals surface area contributed by atoms with Crippen LogP contribution in [-0.4, -0.2) is 52.8 Å². The summed E-state index contributed by atoms with van der Waals surface area (Å²) in [6.45, 7) is 2.81. The highest BCUT2D eigenvalue weighted by molar-refractivity contribution is 5.82. The van der Waals surface area contributed by atoms with Gasteiger partial charge in [-0.05, 0) is 50.4 Å². The number of hydrogen-bond donors (Lipinski definition) is 4. The molecule has 0 radical (unpaired) electrons. The van der Waals surface area contributed by atoms with E-state index in [0.29, 0.717) is 25.9 Å². The molecule has 0 fully saturated rings. The third-order valence-corrected chi connectivity index (χ3v) is 3.73. The number of nitrogens with zero attached hydrogens (tertiary/aromatic N) is 1. The smallest absolute Gasteiger partial charge is 0.240 e. The Kier molecular flexibility index (Phi) is 7.87. The van der Waals surface area contributed by atoms with Crippen LogP contribution in [0.4, 0.5) is 0 Å². The Morgan fingerprint density at radius 2 is 1.95 bits per heavy atom. The molecule has 0 aromatic heterocycles. The Hall–Kier alpha value is -1.63. The molecule has 0 heterocycles. The summed E-state index contributed by atoms with van der Waals surface area (Å²) in [5, 5.41) is 18.8. The summed E-state index contributed by atoms with van der Waals surface area (Å²) in [4.78, 5) is 14.1. The first-order valence-corrected chi connectivity index (χ1v) is 7.68. The lowest BCUT2D eigenvalue weighted by molar-refractivity contribution is -0.135. The molecule has 1 aromatic rings. The van der Waals surface area contributed by atoms with Gasteiger partial charge in [0.25, 0.3) is 0 Å². The maximum atomic E-state index is 12.5. The fraction of sp³-hybridized carbons (Fsp3) is 0.562. The Labute approximate surface area is 131 Å². The number of carbonyl (C=O) groups excluding carboxylic acids is 1. The van der Waals surface area contributed by atoms with Crippen molar-refractivity contribution in [3.8, 4) is 5.75 Å². The van der Waals surface area contributed by atoms with Gasteiger partial charge >= 0.3 is 0 Å². The molecule has 6 heteroatoms. The number of nitrogens with two attached hydrogens (primary N) is 2. The van der Waals surface area contributed by atoms with Crippen molar-refractivity contribution in [1.29, 1.82) is 0 Å². The quantitative estimate of drug-likeness (QED) is 0.521. The Morgan fingerprint density at radius 3 is 2.45 bits per heavy atom. The Morgan fingerprint density at radius 1 is 1.32 bits per heavy atom. The zero-order chi connectivity index (χ0) is 16.5. The van der Waals surface area contributed by atoms with Crippen molar-refractivity contribution >= 4 is 5.91 Å². The van der Waals surface area contributed by atoms with Crippen molar-refractivity contribution in [2.45, 2.75) is 38.3 Å². The summed E-state index contributed by atoms with van der Waals surface area (Å²) < 4.78 is 0. The molecule has 0 aliphatic rings. The first kappa shape index (κ1) is 18.4. The standard InChI is InChI=1S/C16H27N3O3/c1-2-19(13(11-20)4-3-9-17)16(22)15(18)10-12-5-7-14(21)8-6-12/h5-8,13,15,20-21H,2-4,9-11,17-18H2,1H3. The van der Waals surface area contributed by atoms with Crippen LogP contribution in [0, 0.1) is 0 Å². The number of phenols is 1. The molecule has 1 amide bonds. The van der Waals surface area contributed by atoms with Crippen LogP contribution in [0.15, 0.2) is 24.3 Å². The zero-order valence-corrected chi connectivity index (χ0v) is 13.1. The Balaban J connectivity index is 2.70.